The number of hydrogen-bond acceptors (Lipinski definition) is 5. The molecule has 0 spiro atoms. The van der Waals surface area contributed by atoms with Gasteiger partial charge < -0.3 is 10.2 Å². The lowest BCUT2D eigenvalue weighted by atomic mass is 9.88. The first-order chi connectivity index (χ1) is 10.9. The van der Waals surface area contributed by atoms with Crippen LogP contribution in [0.2, 0.25) is 0 Å². The maximum atomic E-state index is 12.6. The van der Waals surface area contributed by atoms with E-state index in [1.54, 1.807) is 0 Å². The van der Waals surface area contributed by atoms with Crippen molar-refractivity contribution in [3.8, 4) is 0 Å². The highest BCUT2D eigenvalue weighted by atomic mass is 32.1. The van der Waals surface area contributed by atoms with E-state index in [1.807, 2.05) is 0 Å². The molecule has 1 aromatic heterocycles. The molecular weight excluding hydrogens is 308 g/mol. The van der Waals surface area contributed by atoms with Gasteiger partial charge in [0.15, 0.2) is 0 Å². The number of nitrogens with zero attached hydrogens (tertiary/aromatic N) is 3. The second-order valence-electron chi connectivity index (χ2n) is 7.92. The number of hydrogen-bond donors (Lipinski definition) is 1. The van der Waals surface area contributed by atoms with Crippen LogP contribution in [0.3, 0.4) is 0 Å². The summed E-state index contributed by atoms with van der Waals surface area (Å²) in [5.41, 5.74) is -0.0188. The summed E-state index contributed by atoms with van der Waals surface area (Å²) in [7, 11) is 0. The standard InChI is InChI=1S/C17H28N4OS/c1-17(2,3)15-19-16(23-20-15)18-13-9-10-21(11-13)14(22)12-7-5-4-6-8-12/h12-13H,4-11H2,1-3H3,(H,18,19,20). The number of aromatic nitrogens is 2. The van der Waals surface area contributed by atoms with Crippen LogP contribution in [0.5, 0.6) is 0 Å². The molecule has 1 amide bonds. The highest BCUT2D eigenvalue weighted by Gasteiger charge is 2.32. The molecule has 1 N–H and O–H groups in total. The van der Waals surface area contributed by atoms with Crippen LogP contribution < -0.4 is 5.32 Å². The predicted octanol–water partition coefficient (Wildman–Crippen LogP) is 3.43. The van der Waals surface area contributed by atoms with E-state index in [0.717, 1.165) is 43.3 Å². The monoisotopic (exact) mass is 336 g/mol. The Hall–Kier alpha value is -1.17. The molecule has 0 aromatic carbocycles. The zero-order chi connectivity index (χ0) is 16.4. The van der Waals surface area contributed by atoms with Crippen molar-refractivity contribution in [2.45, 2.75) is 70.8 Å². The number of likely N-dealkylation sites (tertiary alicyclic amines) is 1. The summed E-state index contributed by atoms with van der Waals surface area (Å²) in [4.78, 5) is 19.3. The van der Waals surface area contributed by atoms with Crippen LogP contribution in [-0.2, 0) is 10.2 Å². The van der Waals surface area contributed by atoms with Crippen molar-refractivity contribution in [1.82, 2.24) is 14.3 Å². The lowest BCUT2D eigenvalue weighted by Gasteiger charge is -2.26. The molecule has 2 aliphatic rings. The topological polar surface area (TPSA) is 58.1 Å². The molecule has 5 nitrogen and oxygen atoms in total. The van der Waals surface area contributed by atoms with E-state index < -0.39 is 0 Å². The van der Waals surface area contributed by atoms with Crippen LogP contribution in [-0.4, -0.2) is 39.3 Å². The van der Waals surface area contributed by atoms with Crippen LogP contribution in [0.25, 0.3) is 0 Å². The van der Waals surface area contributed by atoms with Gasteiger partial charge in [-0.15, -0.1) is 0 Å². The molecule has 0 radical (unpaired) electrons. The Morgan fingerprint density at radius 1 is 1.22 bits per heavy atom. The molecule has 1 aliphatic heterocycles. The smallest absolute Gasteiger partial charge is 0.225 e. The van der Waals surface area contributed by atoms with Crippen molar-refractivity contribution in [2.75, 3.05) is 18.4 Å². The van der Waals surface area contributed by atoms with Crippen molar-refractivity contribution in [3.63, 3.8) is 0 Å². The van der Waals surface area contributed by atoms with Gasteiger partial charge in [-0.05, 0) is 19.3 Å². The predicted molar refractivity (Wildman–Crippen MR) is 93.8 cm³/mol. The molecule has 6 heteroatoms. The van der Waals surface area contributed by atoms with Crippen LogP contribution in [0, 0.1) is 5.92 Å². The van der Waals surface area contributed by atoms with Gasteiger partial charge in [0.05, 0.1) is 0 Å². The van der Waals surface area contributed by atoms with E-state index in [2.05, 4.69) is 40.3 Å². The lowest BCUT2D eigenvalue weighted by Crippen LogP contribution is -2.36. The highest BCUT2D eigenvalue weighted by Crippen LogP contribution is 2.28. The van der Waals surface area contributed by atoms with Gasteiger partial charge in [-0.25, -0.2) is 4.98 Å². The fourth-order valence-electron chi connectivity index (χ4n) is 3.45. The zero-order valence-electron chi connectivity index (χ0n) is 14.5. The third kappa shape index (κ3) is 4.03. The third-order valence-corrected chi connectivity index (χ3v) is 5.53. The van der Waals surface area contributed by atoms with Crippen molar-refractivity contribution >= 4 is 22.6 Å². The number of carbonyl (C=O) groups excluding carboxylic acids is 1. The van der Waals surface area contributed by atoms with Gasteiger partial charge in [-0.2, -0.15) is 4.37 Å². The van der Waals surface area contributed by atoms with Gasteiger partial charge in [0.2, 0.25) is 11.0 Å². The van der Waals surface area contributed by atoms with E-state index in [0.29, 0.717) is 11.9 Å². The van der Waals surface area contributed by atoms with Gasteiger partial charge in [0.25, 0.3) is 0 Å². The number of anilines is 1. The molecule has 1 unspecified atom stereocenters. The number of carbonyl (C=O) groups is 1. The minimum absolute atomic E-state index is 0.0188. The summed E-state index contributed by atoms with van der Waals surface area (Å²) < 4.78 is 4.44. The number of rotatable bonds is 3. The largest absolute Gasteiger partial charge is 0.356 e. The highest BCUT2D eigenvalue weighted by molar-refractivity contribution is 7.09. The average Bonchev–Trinajstić information content (AvgIpc) is 3.17. The molecule has 128 valence electrons. The van der Waals surface area contributed by atoms with Crippen molar-refractivity contribution in [1.29, 1.82) is 0 Å². The number of nitrogens with one attached hydrogen (secondary N) is 1. The zero-order valence-corrected chi connectivity index (χ0v) is 15.3. The van der Waals surface area contributed by atoms with Gasteiger partial charge in [-0.1, -0.05) is 40.0 Å². The number of amides is 1. The van der Waals surface area contributed by atoms with Gasteiger partial charge >= 0.3 is 0 Å². The third-order valence-electron chi connectivity index (χ3n) is 4.88. The van der Waals surface area contributed by atoms with Gasteiger partial charge in [0, 0.05) is 42.0 Å². The lowest BCUT2D eigenvalue weighted by molar-refractivity contribution is -0.135. The quantitative estimate of drug-likeness (QED) is 0.919. The van der Waals surface area contributed by atoms with Crippen molar-refractivity contribution in [2.24, 2.45) is 5.92 Å². The first kappa shape index (κ1) is 16.7. The summed E-state index contributed by atoms with van der Waals surface area (Å²) in [6.07, 6.45) is 6.89. The molecule has 1 aromatic rings. The summed E-state index contributed by atoms with van der Waals surface area (Å²) in [6.45, 7) is 8.05. The maximum absolute atomic E-state index is 12.6. The van der Waals surface area contributed by atoms with Crippen LogP contribution in [0.4, 0.5) is 5.13 Å². The summed E-state index contributed by atoms with van der Waals surface area (Å²) in [5, 5.41) is 4.35. The Balaban J connectivity index is 1.53. The van der Waals surface area contributed by atoms with E-state index in [4.69, 9.17) is 0 Å². The second-order valence-corrected chi connectivity index (χ2v) is 8.67. The van der Waals surface area contributed by atoms with Crippen molar-refractivity contribution < 1.29 is 4.79 Å². The van der Waals surface area contributed by atoms with Crippen molar-refractivity contribution in [3.05, 3.63) is 5.82 Å². The normalized spacial score (nSPS) is 23.3. The van der Waals surface area contributed by atoms with Crippen LogP contribution >= 0.6 is 11.5 Å². The molecule has 1 aliphatic carbocycles. The molecular formula is C17H28N4OS. The molecule has 1 saturated carbocycles. The van der Waals surface area contributed by atoms with Crippen LogP contribution in [0.1, 0.15) is 65.1 Å². The minimum atomic E-state index is -0.0188. The SMILES string of the molecule is CC(C)(C)c1nsc(NC2CCN(C(=O)C3CCCCC3)C2)n1. The summed E-state index contributed by atoms with van der Waals surface area (Å²) >= 11 is 1.43. The molecule has 3 rings (SSSR count). The molecule has 2 fully saturated rings. The Labute approximate surface area is 143 Å². The Kier molecular flexibility index (Phi) is 4.90. The Morgan fingerprint density at radius 3 is 2.61 bits per heavy atom. The fourth-order valence-corrected chi connectivity index (χ4v) is 4.28. The summed E-state index contributed by atoms with van der Waals surface area (Å²) in [6, 6.07) is 0.309. The Morgan fingerprint density at radius 2 is 1.96 bits per heavy atom. The first-order valence-electron chi connectivity index (χ1n) is 8.83. The van der Waals surface area contributed by atoms with E-state index in [9.17, 15) is 4.79 Å². The molecule has 0 bridgehead atoms. The average molecular weight is 337 g/mol. The van der Waals surface area contributed by atoms with Gasteiger partial charge in [-0.3, -0.25) is 4.79 Å². The molecule has 2 heterocycles. The van der Waals surface area contributed by atoms with E-state index in [1.165, 1.54) is 30.8 Å². The Bertz CT molecular complexity index is 545. The first-order valence-corrected chi connectivity index (χ1v) is 9.60. The molecule has 1 atom stereocenters. The van der Waals surface area contributed by atoms with E-state index >= 15 is 0 Å². The van der Waals surface area contributed by atoms with Gasteiger partial charge in [0.1, 0.15) is 5.82 Å². The van der Waals surface area contributed by atoms with E-state index in [-0.39, 0.29) is 11.3 Å². The maximum Gasteiger partial charge on any atom is 0.225 e. The molecule has 1 saturated heterocycles. The molecule has 23 heavy (non-hydrogen) atoms. The fraction of sp³-hybridized carbons (Fsp3) is 0.824. The van der Waals surface area contributed by atoms with Crippen LogP contribution in [0.15, 0.2) is 0 Å². The minimum Gasteiger partial charge on any atom is -0.356 e. The summed E-state index contributed by atoms with van der Waals surface area (Å²) in [5.74, 6) is 1.54. The second kappa shape index (κ2) is 6.75.